The van der Waals surface area contributed by atoms with Crippen LogP contribution in [-0.4, -0.2) is 17.0 Å². The fourth-order valence-electron chi connectivity index (χ4n) is 2.39. The standard InChI is InChI=1S/C16H21NO3/c1-9-5-6-11(7-10(9)2)13(15(19)20)17-14(18)12-8-16(12,3)4/h5-7,12-13H,8H2,1-4H3,(H,17,18)(H,19,20)/t12-,13?/m1/s1. The average Bonchev–Trinajstić information content (AvgIpc) is 2.98. The van der Waals surface area contributed by atoms with E-state index in [4.69, 9.17) is 0 Å². The number of hydrogen-bond acceptors (Lipinski definition) is 2. The molecule has 0 saturated heterocycles. The molecule has 1 aliphatic rings. The van der Waals surface area contributed by atoms with E-state index in [9.17, 15) is 14.7 Å². The lowest BCUT2D eigenvalue weighted by Crippen LogP contribution is -2.35. The van der Waals surface area contributed by atoms with Crippen LogP contribution < -0.4 is 5.32 Å². The molecule has 0 heterocycles. The summed E-state index contributed by atoms with van der Waals surface area (Å²) in [7, 11) is 0. The number of amides is 1. The van der Waals surface area contributed by atoms with Crippen molar-refractivity contribution < 1.29 is 14.7 Å². The number of nitrogens with one attached hydrogen (secondary N) is 1. The van der Waals surface area contributed by atoms with Gasteiger partial charge in [-0.3, -0.25) is 4.79 Å². The highest BCUT2D eigenvalue weighted by Gasteiger charge is 2.51. The third kappa shape index (κ3) is 2.84. The summed E-state index contributed by atoms with van der Waals surface area (Å²) in [6.45, 7) is 7.94. The summed E-state index contributed by atoms with van der Waals surface area (Å²) >= 11 is 0. The smallest absolute Gasteiger partial charge is 0.330 e. The van der Waals surface area contributed by atoms with Gasteiger partial charge in [0.15, 0.2) is 6.04 Å². The Labute approximate surface area is 119 Å². The van der Waals surface area contributed by atoms with Crippen LogP contribution in [0.2, 0.25) is 0 Å². The molecule has 2 atom stereocenters. The highest BCUT2D eigenvalue weighted by Crippen LogP contribution is 2.51. The van der Waals surface area contributed by atoms with Crippen molar-refractivity contribution in [3.63, 3.8) is 0 Å². The number of rotatable bonds is 4. The number of carboxylic acids is 1. The topological polar surface area (TPSA) is 66.4 Å². The molecular formula is C16H21NO3. The second kappa shape index (κ2) is 4.93. The Hall–Kier alpha value is -1.84. The predicted octanol–water partition coefficient (Wildman–Crippen LogP) is 2.59. The minimum atomic E-state index is -1.03. The second-order valence-corrected chi connectivity index (χ2v) is 6.37. The summed E-state index contributed by atoms with van der Waals surface area (Å²) in [4.78, 5) is 23.5. The highest BCUT2D eigenvalue weighted by atomic mass is 16.4. The van der Waals surface area contributed by atoms with Crippen LogP contribution in [0, 0.1) is 25.2 Å². The number of aryl methyl sites for hydroxylation is 2. The van der Waals surface area contributed by atoms with Gasteiger partial charge in [-0.2, -0.15) is 0 Å². The average molecular weight is 275 g/mol. The molecule has 0 aliphatic heterocycles. The van der Waals surface area contributed by atoms with Crippen molar-refractivity contribution in [2.75, 3.05) is 0 Å². The van der Waals surface area contributed by atoms with Crippen LogP contribution >= 0.6 is 0 Å². The maximum atomic E-state index is 12.1. The van der Waals surface area contributed by atoms with Crippen LogP contribution in [0.1, 0.15) is 43.0 Å². The van der Waals surface area contributed by atoms with Crippen LogP contribution in [-0.2, 0) is 9.59 Å². The molecule has 0 aromatic heterocycles. The SMILES string of the molecule is Cc1ccc(C(NC(=O)[C@H]2CC2(C)C)C(=O)O)cc1C. The molecule has 2 N–H and O–H groups in total. The van der Waals surface area contributed by atoms with Gasteiger partial charge in [-0.05, 0) is 42.4 Å². The predicted molar refractivity (Wildman–Crippen MR) is 76.3 cm³/mol. The first-order valence-electron chi connectivity index (χ1n) is 6.83. The van der Waals surface area contributed by atoms with Gasteiger partial charge >= 0.3 is 5.97 Å². The quantitative estimate of drug-likeness (QED) is 0.887. The molecule has 108 valence electrons. The van der Waals surface area contributed by atoms with E-state index in [-0.39, 0.29) is 17.2 Å². The number of hydrogen-bond donors (Lipinski definition) is 2. The van der Waals surface area contributed by atoms with Crippen molar-refractivity contribution in [2.24, 2.45) is 11.3 Å². The third-order valence-corrected chi connectivity index (χ3v) is 4.23. The molecule has 0 radical (unpaired) electrons. The first-order valence-corrected chi connectivity index (χ1v) is 6.83. The van der Waals surface area contributed by atoms with Crippen molar-refractivity contribution in [2.45, 2.75) is 40.2 Å². The van der Waals surface area contributed by atoms with Crippen LogP contribution in [0.4, 0.5) is 0 Å². The number of benzene rings is 1. The third-order valence-electron chi connectivity index (χ3n) is 4.23. The molecule has 4 heteroatoms. The maximum Gasteiger partial charge on any atom is 0.330 e. The lowest BCUT2D eigenvalue weighted by atomic mass is 10.0. The zero-order valence-corrected chi connectivity index (χ0v) is 12.4. The van der Waals surface area contributed by atoms with E-state index in [0.717, 1.165) is 17.5 Å². The first-order chi connectivity index (χ1) is 9.22. The van der Waals surface area contributed by atoms with Crippen molar-refractivity contribution >= 4 is 11.9 Å². The molecule has 0 bridgehead atoms. The van der Waals surface area contributed by atoms with E-state index in [2.05, 4.69) is 5.32 Å². The molecule has 1 saturated carbocycles. The lowest BCUT2D eigenvalue weighted by molar-refractivity contribution is -0.142. The molecule has 20 heavy (non-hydrogen) atoms. The van der Waals surface area contributed by atoms with Crippen LogP contribution in [0.5, 0.6) is 0 Å². The first kappa shape index (κ1) is 14.6. The summed E-state index contributed by atoms with van der Waals surface area (Å²) in [6.07, 6.45) is 0.818. The molecule has 1 aromatic carbocycles. The van der Waals surface area contributed by atoms with E-state index in [1.807, 2.05) is 39.8 Å². The normalized spacial score (nSPS) is 21.1. The van der Waals surface area contributed by atoms with Crippen molar-refractivity contribution in [3.8, 4) is 0 Å². The lowest BCUT2D eigenvalue weighted by Gasteiger charge is -2.16. The van der Waals surface area contributed by atoms with Gasteiger partial charge in [0.2, 0.25) is 5.91 Å². The highest BCUT2D eigenvalue weighted by molar-refractivity contribution is 5.88. The summed E-state index contributed by atoms with van der Waals surface area (Å²) in [5.74, 6) is -1.27. The molecule has 2 rings (SSSR count). The van der Waals surface area contributed by atoms with E-state index >= 15 is 0 Å². The molecule has 1 amide bonds. The van der Waals surface area contributed by atoms with Gasteiger partial charge in [-0.25, -0.2) is 4.79 Å². The molecule has 0 spiro atoms. The fraction of sp³-hybridized carbons (Fsp3) is 0.500. The zero-order valence-electron chi connectivity index (χ0n) is 12.4. The maximum absolute atomic E-state index is 12.1. The summed E-state index contributed by atoms with van der Waals surface area (Å²) in [6, 6.07) is 4.50. The number of carbonyl (C=O) groups is 2. The van der Waals surface area contributed by atoms with Gasteiger partial charge in [0, 0.05) is 5.92 Å². The van der Waals surface area contributed by atoms with Gasteiger partial charge in [0.1, 0.15) is 0 Å². The molecular weight excluding hydrogens is 254 g/mol. The monoisotopic (exact) mass is 275 g/mol. The largest absolute Gasteiger partial charge is 0.479 e. The Kier molecular flexibility index (Phi) is 3.59. The van der Waals surface area contributed by atoms with Crippen molar-refractivity contribution in [3.05, 3.63) is 34.9 Å². The minimum Gasteiger partial charge on any atom is -0.479 e. The fourth-order valence-corrected chi connectivity index (χ4v) is 2.39. The second-order valence-electron chi connectivity index (χ2n) is 6.37. The Balaban J connectivity index is 2.17. The summed E-state index contributed by atoms with van der Waals surface area (Å²) in [5.41, 5.74) is 2.74. The van der Waals surface area contributed by atoms with E-state index in [0.29, 0.717) is 5.56 Å². The molecule has 1 fully saturated rings. The molecule has 4 nitrogen and oxygen atoms in total. The van der Waals surface area contributed by atoms with Crippen LogP contribution in [0.3, 0.4) is 0 Å². The Bertz CT molecular complexity index is 563. The minimum absolute atomic E-state index is 0.00364. The van der Waals surface area contributed by atoms with E-state index < -0.39 is 12.0 Å². The summed E-state index contributed by atoms with van der Waals surface area (Å²) < 4.78 is 0. The Morgan fingerprint density at radius 1 is 1.30 bits per heavy atom. The van der Waals surface area contributed by atoms with Gasteiger partial charge < -0.3 is 10.4 Å². The van der Waals surface area contributed by atoms with Crippen LogP contribution in [0.25, 0.3) is 0 Å². The Morgan fingerprint density at radius 3 is 2.35 bits per heavy atom. The van der Waals surface area contributed by atoms with Gasteiger partial charge in [0.05, 0.1) is 0 Å². The van der Waals surface area contributed by atoms with Gasteiger partial charge in [-0.1, -0.05) is 32.0 Å². The van der Waals surface area contributed by atoms with E-state index in [1.54, 1.807) is 6.07 Å². The molecule has 1 unspecified atom stereocenters. The molecule has 1 aliphatic carbocycles. The number of carbonyl (C=O) groups excluding carboxylic acids is 1. The molecule has 1 aromatic rings. The van der Waals surface area contributed by atoms with Gasteiger partial charge in [-0.15, -0.1) is 0 Å². The number of aliphatic carboxylic acids is 1. The summed E-state index contributed by atoms with van der Waals surface area (Å²) in [5, 5.41) is 12.0. The van der Waals surface area contributed by atoms with Gasteiger partial charge in [0.25, 0.3) is 0 Å². The number of carboxylic acid groups (broad SMARTS) is 1. The van der Waals surface area contributed by atoms with E-state index in [1.165, 1.54) is 0 Å². The van der Waals surface area contributed by atoms with Crippen molar-refractivity contribution in [1.29, 1.82) is 0 Å². The van der Waals surface area contributed by atoms with Crippen molar-refractivity contribution in [1.82, 2.24) is 5.32 Å². The van der Waals surface area contributed by atoms with Crippen LogP contribution in [0.15, 0.2) is 18.2 Å². The zero-order chi connectivity index (χ0) is 15.1. The Morgan fingerprint density at radius 2 is 1.90 bits per heavy atom.